The molecule has 1 aromatic carbocycles. The predicted octanol–water partition coefficient (Wildman–Crippen LogP) is 3.61. The van der Waals surface area contributed by atoms with Gasteiger partial charge in [0.1, 0.15) is 0 Å². The molecule has 1 nitrogen and oxygen atoms in total. The number of likely N-dealkylation sites (N-methyl/N-ethyl adjacent to an activating group) is 1. The zero-order valence-electron chi connectivity index (χ0n) is 10.6. The zero-order valence-corrected chi connectivity index (χ0v) is 10.6. The van der Waals surface area contributed by atoms with Gasteiger partial charge in [0.15, 0.2) is 0 Å². The fraction of sp³-hybridized carbons (Fsp3) is 0.429. The van der Waals surface area contributed by atoms with Gasteiger partial charge in [-0.15, -0.1) is 0 Å². The Kier molecular flexibility index (Phi) is 6.52. The number of allylic oxidation sites excluding steroid dienone is 1. The third-order valence-corrected chi connectivity index (χ3v) is 2.26. The molecule has 15 heavy (non-hydrogen) atoms. The first-order chi connectivity index (χ1) is 7.13. The van der Waals surface area contributed by atoms with Crippen molar-refractivity contribution in [3.05, 3.63) is 47.2 Å². The van der Waals surface area contributed by atoms with Crippen LogP contribution in [0, 0.1) is 13.8 Å². The summed E-state index contributed by atoms with van der Waals surface area (Å²) in [6.45, 7) is 12.2. The summed E-state index contributed by atoms with van der Waals surface area (Å²) in [7, 11) is 1.91. The van der Waals surface area contributed by atoms with Crippen molar-refractivity contribution in [1.82, 2.24) is 5.32 Å². The van der Waals surface area contributed by atoms with E-state index in [0.717, 1.165) is 12.1 Å². The van der Waals surface area contributed by atoms with Crippen LogP contribution in [-0.4, -0.2) is 7.05 Å². The summed E-state index contributed by atoms with van der Waals surface area (Å²) in [6.07, 6.45) is 0.919. The highest BCUT2D eigenvalue weighted by atomic mass is 14.8. The van der Waals surface area contributed by atoms with Crippen molar-refractivity contribution in [2.24, 2.45) is 0 Å². The van der Waals surface area contributed by atoms with E-state index in [9.17, 15) is 0 Å². The fourth-order valence-electron chi connectivity index (χ4n) is 1.36. The third kappa shape index (κ3) is 4.68. The number of aryl methyl sites for hydroxylation is 2. The number of hydrogen-bond acceptors (Lipinski definition) is 1. The van der Waals surface area contributed by atoms with Crippen LogP contribution in [0.4, 0.5) is 0 Å². The van der Waals surface area contributed by atoms with Crippen LogP contribution >= 0.6 is 0 Å². The molecule has 0 saturated carbocycles. The van der Waals surface area contributed by atoms with Crippen LogP contribution in [0.5, 0.6) is 0 Å². The molecule has 0 bridgehead atoms. The molecule has 0 unspecified atom stereocenters. The van der Waals surface area contributed by atoms with Gasteiger partial charge in [-0.1, -0.05) is 44.2 Å². The molecule has 0 atom stereocenters. The molecule has 1 aromatic rings. The van der Waals surface area contributed by atoms with Crippen molar-refractivity contribution >= 4 is 0 Å². The summed E-state index contributed by atoms with van der Waals surface area (Å²) in [5.41, 5.74) is 5.07. The standard InChI is InChI=1S/C12H17N.C2H6/c1-9-5-6-12(10(2)7-9)8-11(3)13-4;1-2/h5-7,13H,3,8H2,1-2,4H3;1-2H3. The zero-order chi connectivity index (χ0) is 11.8. The van der Waals surface area contributed by atoms with Crippen LogP contribution < -0.4 is 5.32 Å². The predicted molar refractivity (Wildman–Crippen MR) is 69.2 cm³/mol. The van der Waals surface area contributed by atoms with Crippen LogP contribution in [0.2, 0.25) is 0 Å². The number of rotatable bonds is 3. The van der Waals surface area contributed by atoms with Gasteiger partial charge in [0.2, 0.25) is 0 Å². The Labute approximate surface area is 94.2 Å². The van der Waals surface area contributed by atoms with Crippen molar-refractivity contribution < 1.29 is 0 Å². The first kappa shape index (κ1) is 13.8. The van der Waals surface area contributed by atoms with E-state index in [2.05, 4.69) is 43.9 Å². The Morgan fingerprint density at radius 3 is 2.33 bits per heavy atom. The smallest absolute Gasteiger partial charge is 0.0119 e. The summed E-state index contributed by atoms with van der Waals surface area (Å²) in [5, 5.41) is 3.06. The second kappa shape index (κ2) is 7.10. The molecule has 1 N–H and O–H groups in total. The lowest BCUT2D eigenvalue weighted by atomic mass is 10.0. The molecule has 84 valence electrons. The van der Waals surface area contributed by atoms with Crippen LogP contribution in [0.25, 0.3) is 0 Å². The molecule has 1 rings (SSSR count). The lowest BCUT2D eigenvalue weighted by Gasteiger charge is -2.08. The molecule has 0 radical (unpaired) electrons. The second-order valence-electron chi connectivity index (χ2n) is 3.46. The van der Waals surface area contributed by atoms with Gasteiger partial charge >= 0.3 is 0 Å². The van der Waals surface area contributed by atoms with Crippen molar-refractivity contribution in [2.75, 3.05) is 7.05 Å². The van der Waals surface area contributed by atoms with Crippen molar-refractivity contribution in [1.29, 1.82) is 0 Å². The van der Waals surface area contributed by atoms with Gasteiger partial charge in [0, 0.05) is 19.2 Å². The van der Waals surface area contributed by atoms with E-state index in [-0.39, 0.29) is 0 Å². The summed E-state index contributed by atoms with van der Waals surface area (Å²) in [6, 6.07) is 6.52. The van der Waals surface area contributed by atoms with Gasteiger partial charge in [0.25, 0.3) is 0 Å². The molecule has 0 aliphatic carbocycles. The first-order valence-corrected chi connectivity index (χ1v) is 5.55. The average Bonchev–Trinajstić information content (AvgIpc) is 2.25. The molecule has 0 aromatic heterocycles. The van der Waals surface area contributed by atoms with E-state index < -0.39 is 0 Å². The third-order valence-electron chi connectivity index (χ3n) is 2.26. The maximum Gasteiger partial charge on any atom is 0.0119 e. The first-order valence-electron chi connectivity index (χ1n) is 5.55. The van der Waals surface area contributed by atoms with E-state index in [0.29, 0.717) is 0 Å². The number of hydrogen-bond donors (Lipinski definition) is 1. The second-order valence-corrected chi connectivity index (χ2v) is 3.46. The van der Waals surface area contributed by atoms with Gasteiger partial charge < -0.3 is 5.32 Å². The van der Waals surface area contributed by atoms with Gasteiger partial charge in [-0.2, -0.15) is 0 Å². The Morgan fingerprint density at radius 2 is 1.87 bits per heavy atom. The van der Waals surface area contributed by atoms with E-state index >= 15 is 0 Å². The minimum atomic E-state index is 0.919. The van der Waals surface area contributed by atoms with Crippen LogP contribution in [0.3, 0.4) is 0 Å². The highest BCUT2D eigenvalue weighted by molar-refractivity contribution is 5.32. The molecule has 0 spiro atoms. The molecule has 0 heterocycles. The van der Waals surface area contributed by atoms with Crippen molar-refractivity contribution in [2.45, 2.75) is 34.1 Å². The molecular formula is C14H23N. The normalized spacial score (nSPS) is 8.87. The van der Waals surface area contributed by atoms with Crippen LogP contribution in [0.15, 0.2) is 30.5 Å². The highest BCUT2D eigenvalue weighted by Gasteiger charge is 1.99. The average molecular weight is 205 g/mol. The quantitative estimate of drug-likeness (QED) is 0.795. The van der Waals surface area contributed by atoms with Gasteiger partial charge in [-0.3, -0.25) is 0 Å². The highest BCUT2D eigenvalue weighted by Crippen LogP contribution is 2.12. The summed E-state index contributed by atoms with van der Waals surface area (Å²) in [4.78, 5) is 0. The molecular weight excluding hydrogens is 182 g/mol. The molecule has 0 aliphatic rings. The molecule has 0 fully saturated rings. The van der Waals surface area contributed by atoms with Crippen LogP contribution in [0.1, 0.15) is 30.5 Å². The molecule has 0 amide bonds. The summed E-state index contributed by atoms with van der Waals surface area (Å²) in [5.74, 6) is 0. The van der Waals surface area contributed by atoms with Gasteiger partial charge in [0.05, 0.1) is 0 Å². The summed E-state index contributed by atoms with van der Waals surface area (Å²) < 4.78 is 0. The molecule has 1 heteroatoms. The lowest BCUT2D eigenvalue weighted by Crippen LogP contribution is -2.07. The van der Waals surface area contributed by atoms with Crippen LogP contribution in [-0.2, 0) is 6.42 Å². The Hall–Kier alpha value is -1.24. The minimum absolute atomic E-state index is 0.919. The monoisotopic (exact) mass is 205 g/mol. The van der Waals surface area contributed by atoms with Gasteiger partial charge in [-0.05, 0) is 25.0 Å². The van der Waals surface area contributed by atoms with E-state index in [4.69, 9.17) is 0 Å². The number of nitrogens with one attached hydrogen (secondary N) is 1. The lowest BCUT2D eigenvalue weighted by molar-refractivity contribution is 0.923. The molecule has 0 aliphatic heterocycles. The van der Waals surface area contributed by atoms with E-state index in [1.165, 1.54) is 16.7 Å². The Bertz CT molecular complexity index is 313. The van der Waals surface area contributed by atoms with E-state index in [1.54, 1.807) is 0 Å². The topological polar surface area (TPSA) is 12.0 Å². The minimum Gasteiger partial charge on any atom is -0.392 e. The largest absolute Gasteiger partial charge is 0.392 e. The number of benzene rings is 1. The van der Waals surface area contributed by atoms with Crippen molar-refractivity contribution in [3.63, 3.8) is 0 Å². The van der Waals surface area contributed by atoms with Gasteiger partial charge in [-0.25, -0.2) is 0 Å². The maximum absolute atomic E-state index is 3.92. The Balaban J connectivity index is 0.000000921. The molecule has 0 saturated heterocycles. The fourth-order valence-corrected chi connectivity index (χ4v) is 1.36. The maximum atomic E-state index is 3.92. The summed E-state index contributed by atoms with van der Waals surface area (Å²) >= 11 is 0. The van der Waals surface area contributed by atoms with Crippen molar-refractivity contribution in [3.8, 4) is 0 Å². The Morgan fingerprint density at radius 1 is 1.27 bits per heavy atom. The SMILES string of the molecule is C=C(Cc1ccc(C)cc1C)NC.CC. The van der Waals surface area contributed by atoms with E-state index in [1.807, 2.05) is 20.9 Å².